The predicted molar refractivity (Wildman–Crippen MR) is 246 cm³/mol. The van der Waals surface area contributed by atoms with Crippen molar-refractivity contribution in [1.82, 2.24) is 0 Å². The summed E-state index contributed by atoms with van der Waals surface area (Å²) in [5, 5.41) is 7.49. The number of rotatable bonds is 7. The Hall–Kier alpha value is -6.90. The van der Waals surface area contributed by atoms with E-state index < -0.39 is 0 Å². The van der Waals surface area contributed by atoms with E-state index in [0.717, 1.165) is 50.1 Å². The second-order valence-corrected chi connectivity index (χ2v) is 15.8. The Morgan fingerprint density at radius 2 is 1.03 bits per heavy atom. The zero-order valence-electron chi connectivity index (χ0n) is 32.4. The van der Waals surface area contributed by atoms with Crippen LogP contribution in [0.3, 0.4) is 0 Å². The van der Waals surface area contributed by atoms with E-state index in [1.54, 1.807) is 0 Å². The molecule has 58 heavy (non-hydrogen) atoms. The molecule has 1 fully saturated rings. The topological polar surface area (TPSA) is 16.4 Å². The Bertz CT molecular complexity index is 3100. The van der Waals surface area contributed by atoms with Gasteiger partial charge in [-0.2, -0.15) is 0 Å². The number of para-hydroxylation sites is 2. The zero-order chi connectivity index (χ0) is 38.4. The van der Waals surface area contributed by atoms with Crippen LogP contribution in [0.4, 0.5) is 17.1 Å². The Labute approximate surface area is 339 Å². The van der Waals surface area contributed by atoms with Crippen LogP contribution in [0, 0.1) is 0 Å². The molecule has 0 aliphatic heterocycles. The molecule has 11 rings (SSSR count). The van der Waals surface area contributed by atoms with Gasteiger partial charge in [-0.1, -0.05) is 171 Å². The standard InChI is InChI=1S/C56H43NO/c1-2-15-39(16-3-1)47-27-12-19-41-20-13-29-50(55(41)47)49-24-6-8-30-52(49)57(43-35-33-40(34-36-43)46-26-11-18-38-17-4-5-23-45(38)46)44-22-10-21-42(37-44)48-28-14-32-54-56(48)51-25-7-9-31-53(51)58-54/h4-14,17-37,39H,1-3,15-16H2. The van der Waals surface area contributed by atoms with Crippen LogP contribution < -0.4 is 4.90 Å². The van der Waals surface area contributed by atoms with E-state index in [-0.39, 0.29) is 0 Å². The average Bonchev–Trinajstić information content (AvgIpc) is 3.69. The molecular formula is C56H43NO. The van der Waals surface area contributed by atoms with E-state index in [9.17, 15) is 0 Å². The van der Waals surface area contributed by atoms with Crippen molar-refractivity contribution < 1.29 is 4.42 Å². The molecule has 0 amide bonds. The summed E-state index contributed by atoms with van der Waals surface area (Å²) in [6, 6.07) is 71.0. The number of benzene rings is 9. The van der Waals surface area contributed by atoms with Gasteiger partial charge in [0.1, 0.15) is 11.2 Å². The number of fused-ring (bicyclic) bond motifs is 5. The molecule has 9 aromatic carbocycles. The highest BCUT2D eigenvalue weighted by Crippen LogP contribution is 2.47. The van der Waals surface area contributed by atoms with Crippen LogP contribution in [0.5, 0.6) is 0 Å². The molecule has 1 heterocycles. The molecule has 10 aromatic rings. The maximum Gasteiger partial charge on any atom is 0.136 e. The molecule has 0 unspecified atom stereocenters. The van der Waals surface area contributed by atoms with Gasteiger partial charge < -0.3 is 9.32 Å². The highest BCUT2D eigenvalue weighted by molar-refractivity contribution is 6.12. The highest BCUT2D eigenvalue weighted by atomic mass is 16.3. The SMILES string of the molecule is c1cc(-c2cccc3oc4ccccc4c23)cc(N(c2ccc(-c3cccc4ccccc34)cc2)c2ccccc2-c2cccc3cccc(C4CCCCC4)c23)c1. The van der Waals surface area contributed by atoms with Gasteiger partial charge in [0.25, 0.3) is 0 Å². The molecule has 1 aliphatic carbocycles. The van der Waals surface area contributed by atoms with E-state index in [4.69, 9.17) is 4.42 Å². The molecular weight excluding hydrogens is 703 g/mol. The van der Waals surface area contributed by atoms with Gasteiger partial charge in [-0.15, -0.1) is 0 Å². The molecule has 1 aliphatic rings. The van der Waals surface area contributed by atoms with Gasteiger partial charge in [0.05, 0.1) is 5.69 Å². The number of furan rings is 1. The van der Waals surface area contributed by atoms with Crippen molar-refractivity contribution in [1.29, 1.82) is 0 Å². The van der Waals surface area contributed by atoms with Crippen LogP contribution in [-0.4, -0.2) is 0 Å². The first-order valence-corrected chi connectivity index (χ1v) is 20.8. The van der Waals surface area contributed by atoms with E-state index in [2.05, 4.69) is 193 Å². The fourth-order valence-corrected chi connectivity index (χ4v) is 9.77. The van der Waals surface area contributed by atoms with Gasteiger partial charge >= 0.3 is 0 Å². The molecule has 0 saturated heterocycles. The lowest BCUT2D eigenvalue weighted by Gasteiger charge is -2.29. The quantitative estimate of drug-likeness (QED) is 0.162. The van der Waals surface area contributed by atoms with Crippen molar-refractivity contribution in [3.05, 3.63) is 200 Å². The summed E-state index contributed by atoms with van der Waals surface area (Å²) >= 11 is 0. The Balaban J connectivity index is 1.11. The number of hydrogen-bond donors (Lipinski definition) is 0. The second-order valence-electron chi connectivity index (χ2n) is 15.8. The molecule has 1 saturated carbocycles. The Morgan fingerprint density at radius 3 is 1.91 bits per heavy atom. The molecule has 0 N–H and O–H groups in total. The summed E-state index contributed by atoms with van der Waals surface area (Å²) in [6.45, 7) is 0. The monoisotopic (exact) mass is 745 g/mol. The van der Waals surface area contributed by atoms with Crippen molar-refractivity contribution in [2.45, 2.75) is 38.0 Å². The minimum atomic E-state index is 0.585. The fourth-order valence-electron chi connectivity index (χ4n) is 9.77. The van der Waals surface area contributed by atoms with Crippen molar-refractivity contribution in [3.8, 4) is 33.4 Å². The van der Waals surface area contributed by atoms with Crippen LogP contribution in [0.2, 0.25) is 0 Å². The van der Waals surface area contributed by atoms with Gasteiger partial charge in [0.2, 0.25) is 0 Å². The third-order valence-electron chi connectivity index (χ3n) is 12.5. The van der Waals surface area contributed by atoms with E-state index in [1.807, 2.05) is 6.07 Å². The summed E-state index contributed by atoms with van der Waals surface area (Å²) in [5.74, 6) is 0.585. The fraction of sp³-hybridized carbons (Fsp3) is 0.107. The molecule has 278 valence electrons. The minimum Gasteiger partial charge on any atom is -0.456 e. The average molecular weight is 746 g/mol. The van der Waals surface area contributed by atoms with E-state index >= 15 is 0 Å². The lowest BCUT2D eigenvalue weighted by Crippen LogP contribution is -2.11. The van der Waals surface area contributed by atoms with Gasteiger partial charge in [-0.05, 0) is 116 Å². The van der Waals surface area contributed by atoms with E-state index in [0.29, 0.717) is 5.92 Å². The summed E-state index contributed by atoms with van der Waals surface area (Å²) in [4.78, 5) is 2.46. The number of hydrogen-bond acceptors (Lipinski definition) is 2. The first-order chi connectivity index (χ1) is 28.8. The largest absolute Gasteiger partial charge is 0.456 e. The van der Waals surface area contributed by atoms with Crippen molar-refractivity contribution in [2.75, 3.05) is 4.90 Å². The number of nitrogens with zero attached hydrogens (tertiary/aromatic N) is 1. The third-order valence-corrected chi connectivity index (χ3v) is 12.5. The van der Waals surface area contributed by atoms with Gasteiger partial charge in [0.15, 0.2) is 0 Å². The molecule has 0 bridgehead atoms. The van der Waals surface area contributed by atoms with Crippen LogP contribution >= 0.6 is 0 Å². The first-order valence-electron chi connectivity index (χ1n) is 20.8. The van der Waals surface area contributed by atoms with Crippen LogP contribution in [0.1, 0.15) is 43.6 Å². The van der Waals surface area contributed by atoms with Crippen molar-refractivity contribution in [2.24, 2.45) is 0 Å². The summed E-state index contributed by atoms with van der Waals surface area (Å²) in [6.07, 6.45) is 6.48. The summed E-state index contributed by atoms with van der Waals surface area (Å²) in [7, 11) is 0. The minimum absolute atomic E-state index is 0.585. The second kappa shape index (κ2) is 14.6. The maximum absolute atomic E-state index is 6.35. The number of anilines is 3. The zero-order valence-corrected chi connectivity index (χ0v) is 32.4. The Morgan fingerprint density at radius 1 is 0.397 bits per heavy atom. The summed E-state index contributed by atoms with van der Waals surface area (Å²) < 4.78 is 6.35. The molecule has 2 nitrogen and oxygen atoms in total. The third kappa shape index (κ3) is 5.96. The van der Waals surface area contributed by atoms with Gasteiger partial charge in [-0.25, -0.2) is 0 Å². The summed E-state index contributed by atoms with van der Waals surface area (Å²) in [5.41, 5.74) is 13.9. The predicted octanol–water partition coefficient (Wildman–Crippen LogP) is 16.4. The molecule has 0 radical (unpaired) electrons. The van der Waals surface area contributed by atoms with Crippen molar-refractivity contribution >= 4 is 60.5 Å². The first kappa shape index (κ1) is 34.4. The van der Waals surface area contributed by atoms with Crippen molar-refractivity contribution in [3.63, 3.8) is 0 Å². The molecule has 0 atom stereocenters. The van der Waals surface area contributed by atoms with Crippen LogP contribution in [-0.2, 0) is 0 Å². The molecule has 0 spiro atoms. The Kier molecular flexibility index (Phi) is 8.62. The molecule has 2 heteroatoms. The lowest BCUT2D eigenvalue weighted by atomic mass is 9.80. The maximum atomic E-state index is 6.35. The van der Waals surface area contributed by atoms with Crippen LogP contribution in [0.15, 0.2) is 199 Å². The normalized spacial score (nSPS) is 13.4. The smallest absolute Gasteiger partial charge is 0.136 e. The van der Waals surface area contributed by atoms with E-state index in [1.165, 1.54) is 81.5 Å². The van der Waals surface area contributed by atoms with Crippen LogP contribution in [0.25, 0.3) is 76.9 Å². The highest BCUT2D eigenvalue weighted by Gasteiger charge is 2.23. The molecule has 1 aromatic heterocycles. The van der Waals surface area contributed by atoms with Gasteiger partial charge in [-0.3, -0.25) is 0 Å². The van der Waals surface area contributed by atoms with Gasteiger partial charge in [0, 0.05) is 27.7 Å². The lowest BCUT2D eigenvalue weighted by molar-refractivity contribution is 0.445.